The first-order valence-corrected chi connectivity index (χ1v) is 7.70. The van der Waals surface area contributed by atoms with E-state index in [0.29, 0.717) is 6.04 Å². The minimum Gasteiger partial charge on any atom is -0.269 e. The second kappa shape index (κ2) is 6.56. The third kappa shape index (κ3) is 3.42. The molecule has 0 unspecified atom stereocenters. The molecule has 0 aliphatic heterocycles. The molecule has 0 atom stereocenters. The zero-order valence-corrected chi connectivity index (χ0v) is 12.4. The van der Waals surface area contributed by atoms with Crippen LogP contribution in [-0.4, -0.2) is 14.7 Å². The second-order valence-electron chi connectivity index (χ2n) is 5.69. The zero-order valence-electron chi connectivity index (χ0n) is 12.4. The highest BCUT2D eigenvalue weighted by Crippen LogP contribution is 2.27. The van der Waals surface area contributed by atoms with E-state index in [2.05, 4.69) is 9.78 Å². The lowest BCUT2D eigenvalue weighted by Gasteiger charge is -2.21. The Labute approximate surface area is 129 Å². The van der Waals surface area contributed by atoms with Crippen LogP contribution in [-0.2, 0) is 0 Å². The molecule has 0 saturated heterocycles. The van der Waals surface area contributed by atoms with Crippen LogP contribution in [0, 0.1) is 10.1 Å². The van der Waals surface area contributed by atoms with E-state index in [4.69, 9.17) is 0 Å². The van der Waals surface area contributed by atoms with Crippen LogP contribution in [0.15, 0.2) is 36.5 Å². The number of nitrogens with zero attached hydrogens (tertiary/aromatic N) is 3. The van der Waals surface area contributed by atoms with Crippen LogP contribution >= 0.6 is 0 Å². The first kappa shape index (κ1) is 14.5. The van der Waals surface area contributed by atoms with Crippen molar-refractivity contribution >= 4 is 17.8 Å². The van der Waals surface area contributed by atoms with Crippen molar-refractivity contribution in [3.8, 4) is 0 Å². The van der Waals surface area contributed by atoms with Crippen molar-refractivity contribution in [2.75, 3.05) is 0 Å². The van der Waals surface area contributed by atoms with Crippen molar-refractivity contribution in [3.63, 3.8) is 0 Å². The maximum absolute atomic E-state index is 10.6. The summed E-state index contributed by atoms with van der Waals surface area (Å²) >= 11 is 0. The van der Waals surface area contributed by atoms with Gasteiger partial charge in [-0.2, -0.15) is 5.10 Å². The van der Waals surface area contributed by atoms with E-state index in [0.717, 1.165) is 11.3 Å². The third-order valence-electron chi connectivity index (χ3n) is 4.13. The average molecular weight is 297 g/mol. The van der Waals surface area contributed by atoms with Gasteiger partial charge >= 0.3 is 0 Å². The summed E-state index contributed by atoms with van der Waals surface area (Å²) in [4.78, 5) is 10.2. The van der Waals surface area contributed by atoms with Crippen molar-refractivity contribution in [3.05, 3.63) is 57.9 Å². The van der Waals surface area contributed by atoms with Crippen molar-refractivity contribution in [2.24, 2.45) is 0 Å². The first-order chi connectivity index (χ1) is 10.7. The van der Waals surface area contributed by atoms with Crippen LogP contribution in [0.3, 0.4) is 0 Å². The summed E-state index contributed by atoms with van der Waals surface area (Å²) < 4.78 is 2.08. The molecule has 1 fully saturated rings. The summed E-state index contributed by atoms with van der Waals surface area (Å²) in [6, 6.07) is 9.06. The summed E-state index contributed by atoms with van der Waals surface area (Å²) in [6.07, 6.45) is 12.3. The topological polar surface area (TPSA) is 61.0 Å². The maximum atomic E-state index is 10.6. The fourth-order valence-corrected chi connectivity index (χ4v) is 2.88. The smallest absolute Gasteiger partial charge is 0.269 e. The van der Waals surface area contributed by atoms with Crippen LogP contribution in [0.2, 0.25) is 0 Å². The molecule has 0 amide bonds. The van der Waals surface area contributed by atoms with E-state index in [1.54, 1.807) is 12.1 Å². The Bertz CT molecular complexity index is 667. The summed E-state index contributed by atoms with van der Waals surface area (Å²) in [5, 5.41) is 15.2. The molecule has 114 valence electrons. The van der Waals surface area contributed by atoms with Gasteiger partial charge in [0, 0.05) is 18.3 Å². The Morgan fingerprint density at radius 1 is 1.09 bits per heavy atom. The molecule has 0 radical (unpaired) electrons. The van der Waals surface area contributed by atoms with Gasteiger partial charge in [-0.05, 0) is 42.7 Å². The molecule has 1 heterocycles. The number of non-ortho nitro benzene ring substituents is 1. The second-order valence-corrected chi connectivity index (χ2v) is 5.69. The predicted molar refractivity (Wildman–Crippen MR) is 86.4 cm³/mol. The molecule has 1 saturated carbocycles. The minimum absolute atomic E-state index is 0.110. The molecule has 5 heteroatoms. The molecule has 1 aromatic carbocycles. The SMILES string of the molecule is O=[N+]([O-])c1ccc(/C=C/c2ccn(C3CCCCC3)n2)cc1. The van der Waals surface area contributed by atoms with Crippen LogP contribution < -0.4 is 0 Å². The first-order valence-electron chi connectivity index (χ1n) is 7.70. The average Bonchev–Trinajstić information content (AvgIpc) is 3.03. The highest BCUT2D eigenvalue weighted by molar-refractivity contribution is 5.68. The van der Waals surface area contributed by atoms with Gasteiger partial charge in [-0.25, -0.2) is 0 Å². The van der Waals surface area contributed by atoms with E-state index in [-0.39, 0.29) is 10.6 Å². The molecule has 0 bridgehead atoms. The molecule has 0 N–H and O–H groups in total. The fraction of sp³-hybridized carbons (Fsp3) is 0.353. The van der Waals surface area contributed by atoms with Gasteiger partial charge in [0.2, 0.25) is 0 Å². The zero-order chi connectivity index (χ0) is 15.4. The molecule has 0 spiro atoms. The van der Waals surface area contributed by atoms with Crippen LogP contribution in [0.1, 0.15) is 49.4 Å². The van der Waals surface area contributed by atoms with E-state index in [1.165, 1.54) is 44.2 Å². The fourth-order valence-electron chi connectivity index (χ4n) is 2.88. The van der Waals surface area contributed by atoms with Gasteiger partial charge in [0.1, 0.15) is 0 Å². The Morgan fingerprint density at radius 2 is 1.82 bits per heavy atom. The number of aromatic nitrogens is 2. The molecule has 22 heavy (non-hydrogen) atoms. The largest absolute Gasteiger partial charge is 0.269 e. The Kier molecular flexibility index (Phi) is 4.32. The monoisotopic (exact) mass is 297 g/mol. The standard InChI is InChI=1S/C17H19N3O2/c21-20(22)17-10-7-14(8-11-17)6-9-15-12-13-19(18-15)16-4-2-1-3-5-16/h6-13,16H,1-5H2/b9-6+. The minimum atomic E-state index is -0.390. The number of rotatable bonds is 4. The lowest BCUT2D eigenvalue weighted by molar-refractivity contribution is -0.384. The quantitative estimate of drug-likeness (QED) is 0.618. The number of hydrogen-bond donors (Lipinski definition) is 0. The van der Waals surface area contributed by atoms with Gasteiger partial charge in [-0.15, -0.1) is 0 Å². The van der Waals surface area contributed by atoms with Gasteiger partial charge in [0.25, 0.3) is 5.69 Å². The molecule has 1 aromatic heterocycles. The summed E-state index contributed by atoms with van der Waals surface area (Å²) in [7, 11) is 0. The van der Waals surface area contributed by atoms with Gasteiger partial charge in [-0.3, -0.25) is 14.8 Å². The molecule has 1 aliphatic rings. The number of hydrogen-bond acceptors (Lipinski definition) is 3. The van der Waals surface area contributed by atoms with Crippen molar-refractivity contribution in [1.82, 2.24) is 9.78 Å². The highest BCUT2D eigenvalue weighted by atomic mass is 16.6. The molecule has 5 nitrogen and oxygen atoms in total. The lowest BCUT2D eigenvalue weighted by atomic mass is 9.96. The molecule has 1 aliphatic carbocycles. The Hall–Kier alpha value is -2.43. The molecular formula is C17H19N3O2. The third-order valence-corrected chi connectivity index (χ3v) is 4.13. The Balaban J connectivity index is 1.67. The number of benzene rings is 1. The van der Waals surface area contributed by atoms with E-state index < -0.39 is 0 Å². The Morgan fingerprint density at radius 3 is 2.50 bits per heavy atom. The van der Waals surface area contributed by atoms with E-state index in [9.17, 15) is 10.1 Å². The van der Waals surface area contributed by atoms with Gasteiger partial charge in [0.05, 0.1) is 16.7 Å². The number of nitro benzene ring substituents is 1. The summed E-state index contributed by atoms with van der Waals surface area (Å²) in [5.74, 6) is 0. The number of nitro groups is 1. The maximum Gasteiger partial charge on any atom is 0.269 e. The van der Waals surface area contributed by atoms with E-state index in [1.807, 2.05) is 24.4 Å². The van der Waals surface area contributed by atoms with Crippen LogP contribution in [0.5, 0.6) is 0 Å². The van der Waals surface area contributed by atoms with Crippen molar-refractivity contribution < 1.29 is 4.92 Å². The van der Waals surface area contributed by atoms with Crippen molar-refractivity contribution in [1.29, 1.82) is 0 Å². The van der Waals surface area contributed by atoms with E-state index >= 15 is 0 Å². The molecule has 2 aromatic rings. The predicted octanol–water partition coefficient (Wildman–Crippen LogP) is 4.47. The lowest BCUT2D eigenvalue weighted by Crippen LogP contribution is -2.13. The van der Waals surface area contributed by atoms with Gasteiger partial charge in [-0.1, -0.05) is 25.3 Å². The normalized spacial score (nSPS) is 16.2. The summed E-state index contributed by atoms with van der Waals surface area (Å²) in [6.45, 7) is 0. The van der Waals surface area contributed by atoms with Gasteiger partial charge in [0.15, 0.2) is 0 Å². The van der Waals surface area contributed by atoms with Crippen molar-refractivity contribution in [2.45, 2.75) is 38.1 Å². The molecule has 3 rings (SSSR count). The van der Waals surface area contributed by atoms with Gasteiger partial charge < -0.3 is 0 Å². The van der Waals surface area contributed by atoms with Crippen LogP contribution in [0.25, 0.3) is 12.2 Å². The highest BCUT2D eigenvalue weighted by Gasteiger charge is 2.15. The molecular weight excluding hydrogens is 278 g/mol. The van der Waals surface area contributed by atoms with Crippen LogP contribution in [0.4, 0.5) is 5.69 Å². The summed E-state index contributed by atoms with van der Waals surface area (Å²) in [5.41, 5.74) is 1.96.